The monoisotopic (exact) mass is 332 g/mol. The molecule has 1 N–H and O–H groups in total. The van der Waals surface area contributed by atoms with Crippen LogP contribution in [-0.2, 0) is 4.79 Å². The number of thiazole rings is 1. The number of carboxylic acid groups (broad SMARTS) is 1. The van der Waals surface area contributed by atoms with Gasteiger partial charge in [-0.25, -0.2) is 15.0 Å². The van der Waals surface area contributed by atoms with Crippen LogP contribution in [0.4, 0.5) is 0 Å². The van der Waals surface area contributed by atoms with Gasteiger partial charge in [0, 0.05) is 25.5 Å². The lowest BCUT2D eigenvalue weighted by molar-refractivity contribution is -0.142. The van der Waals surface area contributed by atoms with Crippen molar-refractivity contribution in [1.29, 1.82) is 0 Å². The fourth-order valence-corrected chi connectivity index (χ4v) is 3.68. The highest BCUT2D eigenvalue weighted by Gasteiger charge is 2.38. The largest absolute Gasteiger partial charge is 0.481 e. The first-order chi connectivity index (χ1) is 11.0. The molecule has 8 heteroatoms. The Morgan fingerprint density at radius 3 is 2.61 bits per heavy atom. The number of likely N-dealkylation sites (tertiary alicyclic amines) is 1. The molecule has 0 saturated carbocycles. The van der Waals surface area contributed by atoms with Gasteiger partial charge in [-0.1, -0.05) is 6.92 Å². The van der Waals surface area contributed by atoms with Gasteiger partial charge in [0.2, 0.25) is 0 Å². The van der Waals surface area contributed by atoms with Crippen LogP contribution in [0, 0.1) is 18.8 Å². The van der Waals surface area contributed by atoms with Crippen LogP contribution >= 0.6 is 11.3 Å². The SMILES string of the molecule is Cc1nc(-c2ncccn2)sc1C(=O)N1C[C@@H](C)[C@H](C(=O)O)C1. The van der Waals surface area contributed by atoms with Crippen molar-refractivity contribution in [3.05, 3.63) is 29.0 Å². The molecule has 1 aliphatic heterocycles. The summed E-state index contributed by atoms with van der Waals surface area (Å²) in [5, 5.41) is 9.79. The van der Waals surface area contributed by atoms with Crippen LogP contribution < -0.4 is 0 Å². The number of amides is 1. The van der Waals surface area contributed by atoms with E-state index in [1.54, 1.807) is 30.3 Å². The summed E-state index contributed by atoms with van der Waals surface area (Å²) in [5.41, 5.74) is 0.619. The highest BCUT2D eigenvalue weighted by Crippen LogP contribution is 2.30. The molecule has 1 aliphatic rings. The van der Waals surface area contributed by atoms with Gasteiger partial charge in [0.05, 0.1) is 11.6 Å². The minimum Gasteiger partial charge on any atom is -0.481 e. The van der Waals surface area contributed by atoms with E-state index in [0.717, 1.165) is 0 Å². The van der Waals surface area contributed by atoms with Crippen LogP contribution in [0.25, 0.3) is 10.8 Å². The van der Waals surface area contributed by atoms with E-state index in [-0.39, 0.29) is 18.4 Å². The summed E-state index contributed by atoms with van der Waals surface area (Å²) in [6, 6.07) is 1.72. The predicted octanol–water partition coefficient (Wildman–Crippen LogP) is 1.70. The van der Waals surface area contributed by atoms with Gasteiger partial charge in [-0.15, -0.1) is 11.3 Å². The Hall–Kier alpha value is -2.35. The lowest BCUT2D eigenvalue weighted by Crippen LogP contribution is -2.29. The Morgan fingerprint density at radius 1 is 1.30 bits per heavy atom. The van der Waals surface area contributed by atoms with Crippen LogP contribution in [0.2, 0.25) is 0 Å². The van der Waals surface area contributed by atoms with Crippen molar-refractivity contribution < 1.29 is 14.7 Å². The van der Waals surface area contributed by atoms with E-state index >= 15 is 0 Å². The van der Waals surface area contributed by atoms with Crippen molar-refractivity contribution in [3.8, 4) is 10.8 Å². The Morgan fingerprint density at radius 2 is 2.00 bits per heavy atom. The summed E-state index contributed by atoms with van der Waals surface area (Å²) >= 11 is 1.24. The van der Waals surface area contributed by atoms with Crippen LogP contribution in [0.1, 0.15) is 22.3 Å². The van der Waals surface area contributed by atoms with Gasteiger partial charge in [-0.05, 0) is 18.9 Å². The third kappa shape index (κ3) is 2.94. The van der Waals surface area contributed by atoms with E-state index in [0.29, 0.717) is 27.9 Å². The second-order valence-corrected chi connectivity index (χ2v) is 6.64. The zero-order chi connectivity index (χ0) is 16.6. The summed E-state index contributed by atoms with van der Waals surface area (Å²) < 4.78 is 0. The molecule has 23 heavy (non-hydrogen) atoms. The van der Waals surface area contributed by atoms with E-state index in [9.17, 15) is 14.7 Å². The molecular formula is C15H16N4O3S. The van der Waals surface area contributed by atoms with E-state index in [1.807, 2.05) is 6.92 Å². The molecule has 7 nitrogen and oxygen atoms in total. The number of rotatable bonds is 3. The number of aromatic nitrogens is 3. The minimum absolute atomic E-state index is 0.0541. The van der Waals surface area contributed by atoms with Gasteiger partial charge < -0.3 is 10.0 Å². The van der Waals surface area contributed by atoms with Gasteiger partial charge in [-0.2, -0.15) is 0 Å². The molecule has 1 saturated heterocycles. The molecule has 1 fully saturated rings. The molecule has 2 aromatic heterocycles. The van der Waals surface area contributed by atoms with Gasteiger partial charge >= 0.3 is 5.97 Å². The molecule has 0 aromatic carbocycles. The Labute approximate surface area is 137 Å². The smallest absolute Gasteiger partial charge is 0.308 e. The zero-order valence-corrected chi connectivity index (χ0v) is 13.6. The molecule has 2 atom stereocenters. The summed E-state index contributed by atoms with van der Waals surface area (Å²) in [6.07, 6.45) is 3.25. The van der Waals surface area contributed by atoms with Gasteiger partial charge in [0.15, 0.2) is 10.8 Å². The Kier molecular flexibility index (Phi) is 4.08. The normalized spacial score (nSPS) is 20.7. The van der Waals surface area contributed by atoms with E-state index in [2.05, 4.69) is 15.0 Å². The number of hydrogen-bond donors (Lipinski definition) is 1. The highest BCUT2D eigenvalue weighted by atomic mass is 32.1. The minimum atomic E-state index is -0.854. The zero-order valence-electron chi connectivity index (χ0n) is 12.8. The summed E-state index contributed by atoms with van der Waals surface area (Å²) in [6.45, 7) is 4.31. The maximum atomic E-state index is 12.7. The first-order valence-corrected chi connectivity index (χ1v) is 8.06. The van der Waals surface area contributed by atoms with Crippen molar-refractivity contribution >= 4 is 23.2 Å². The molecule has 3 rings (SSSR count). The van der Waals surface area contributed by atoms with Gasteiger partial charge in [0.25, 0.3) is 5.91 Å². The number of aryl methyl sites for hydroxylation is 1. The molecule has 0 radical (unpaired) electrons. The first-order valence-electron chi connectivity index (χ1n) is 7.24. The van der Waals surface area contributed by atoms with E-state index < -0.39 is 11.9 Å². The Balaban J connectivity index is 1.84. The van der Waals surface area contributed by atoms with Crippen LogP contribution in [0.5, 0.6) is 0 Å². The number of carboxylic acids is 1. The fourth-order valence-electron chi connectivity index (χ4n) is 2.70. The lowest BCUT2D eigenvalue weighted by Gasteiger charge is -2.14. The number of carbonyl (C=O) groups excluding carboxylic acids is 1. The second kappa shape index (κ2) is 6.04. The summed E-state index contributed by atoms with van der Waals surface area (Å²) in [4.78, 5) is 38.7. The number of aliphatic carboxylic acids is 1. The Bertz CT molecular complexity index is 746. The average molecular weight is 332 g/mol. The van der Waals surface area contributed by atoms with Crippen LogP contribution in [0.15, 0.2) is 18.5 Å². The summed E-state index contributed by atoms with van der Waals surface area (Å²) in [5.74, 6) is -1.10. The number of nitrogens with zero attached hydrogens (tertiary/aromatic N) is 4. The first kappa shape index (κ1) is 15.5. The molecule has 120 valence electrons. The summed E-state index contributed by atoms with van der Waals surface area (Å²) in [7, 11) is 0. The molecule has 0 spiro atoms. The van der Waals surface area contributed by atoms with Crippen molar-refractivity contribution in [1.82, 2.24) is 19.9 Å². The maximum absolute atomic E-state index is 12.7. The highest BCUT2D eigenvalue weighted by molar-refractivity contribution is 7.17. The number of hydrogen-bond acceptors (Lipinski definition) is 6. The predicted molar refractivity (Wildman–Crippen MR) is 84.1 cm³/mol. The topological polar surface area (TPSA) is 96.3 Å². The van der Waals surface area contributed by atoms with Crippen molar-refractivity contribution in [2.75, 3.05) is 13.1 Å². The third-order valence-corrected chi connectivity index (χ3v) is 5.11. The lowest BCUT2D eigenvalue weighted by atomic mass is 9.99. The fraction of sp³-hybridized carbons (Fsp3) is 0.400. The molecule has 0 unspecified atom stereocenters. The molecule has 1 amide bonds. The average Bonchev–Trinajstić information content (AvgIpc) is 3.11. The molecule has 0 aliphatic carbocycles. The van der Waals surface area contributed by atoms with Crippen LogP contribution in [0.3, 0.4) is 0 Å². The van der Waals surface area contributed by atoms with Gasteiger partial charge in [-0.3, -0.25) is 9.59 Å². The second-order valence-electron chi connectivity index (χ2n) is 5.64. The van der Waals surface area contributed by atoms with E-state index in [1.165, 1.54) is 11.3 Å². The molecule has 0 bridgehead atoms. The standard InChI is InChI=1S/C15H16N4O3S/c1-8-6-19(7-10(8)15(21)22)14(20)11-9(2)18-13(23-11)12-16-4-3-5-17-12/h3-5,8,10H,6-7H2,1-2H3,(H,21,22)/t8-,10-/m1/s1. The van der Waals surface area contributed by atoms with Crippen LogP contribution in [-0.4, -0.2) is 49.9 Å². The van der Waals surface area contributed by atoms with E-state index in [4.69, 9.17) is 0 Å². The van der Waals surface area contributed by atoms with Gasteiger partial charge in [0.1, 0.15) is 4.88 Å². The third-order valence-electron chi connectivity index (χ3n) is 3.96. The quantitative estimate of drug-likeness (QED) is 0.919. The maximum Gasteiger partial charge on any atom is 0.308 e. The van der Waals surface area contributed by atoms with Crippen molar-refractivity contribution in [2.45, 2.75) is 13.8 Å². The molecule has 3 heterocycles. The molecule has 2 aromatic rings. The van der Waals surface area contributed by atoms with Crippen molar-refractivity contribution in [2.24, 2.45) is 11.8 Å². The molecular weight excluding hydrogens is 316 g/mol. The van der Waals surface area contributed by atoms with Crippen molar-refractivity contribution in [3.63, 3.8) is 0 Å². The number of carbonyl (C=O) groups is 2.